The van der Waals surface area contributed by atoms with Crippen molar-refractivity contribution in [2.24, 2.45) is 4.99 Å². The van der Waals surface area contributed by atoms with E-state index in [0.29, 0.717) is 12.4 Å². The molecular weight excluding hydrogens is 352 g/mol. The highest BCUT2D eigenvalue weighted by atomic mass is 16.5. The van der Waals surface area contributed by atoms with E-state index in [1.807, 2.05) is 43.3 Å². The number of benzene rings is 2. The van der Waals surface area contributed by atoms with Gasteiger partial charge in [-0.2, -0.15) is 5.26 Å². The van der Waals surface area contributed by atoms with Gasteiger partial charge in [-0.05, 0) is 26.0 Å². The van der Waals surface area contributed by atoms with Gasteiger partial charge in [-0.25, -0.2) is 9.89 Å². The Labute approximate surface area is 163 Å². The third-order valence-corrected chi connectivity index (χ3v) is 6.44. The second kappa shape index (κ2) is 4.99. The summed E-state index contributed by atoms with van der Waals surface area (Å²) in [5, 5.41) is 10.0. The molecule has 1 saturated heterocycles. The van der Waals surface area contributed by atoms with Crippen molar-refractivity contribution in [1.82, 2.24) is 9.80 Å². The van der Waals surface area contributed by atoms with E-state index in [0.717, 1.165) is 29.0 Å². The number of nitriles is 1. The molecular formula is C22H20N4O2. The highest BCUT2D eigenvalue weighted by molar-refractivity contribution is 5.86. The van der Waals surface area contributed by atoms with Gasteiger partial charge in [-0.15, -0.1) is 0 Å². The topological polar surface area (TPSA) is 61.1 Å². The third-order valence-electron chi connectivity index (χ3n) is 6.44. The van der Waals surface area contributed by atoms with Crippen molar-refractivity contribution in [2.75, 3.05) is 0 Å². The summed E-state index contributed by atoms with van der Waals surface area (Å²) < 4.78 is 12.9. The quantitative estimate of drug-likeness (QED) is 0.656. The van der Waals surface area contributed by atoms with Crippen LogP contribution in [0, 0.1) is 11.5 Å². The van der Waals surface area contributed by atoms with Gasteiger partial charge < -0.3 is 9.47 Å². The molecule has 6 rings (SSSR count). The summed E-state index contributed by atoms with van der Waals surface area (Å²) in [6, 6.07) is 16.2. The molecule has 140 valence electrons. The lowest BCUT2D eigenvalue weighted by Gasteiger charge is -2.61. The summed E-state index contributed by atoms with van der Waals surface area (Å²) in [6.45, 7) is 4.08. The van der Waals surface area contributed by atoms with Crippen molar-refractivity contribution in [1.29, 1.82) is 5.26 Å². The van der Waals surface area contributed by atoms with Crippen LogP contribution in [0.15, 0.2) is 53.5 Å². The second-order valence-corrected chi connectivity index (χ2v) is 8.30. The molecule has 0 amide bonds. The zero-order valence-electron chi connectivity index (χ0n) is 15.8. The molecule has 4 aliphatic rings. The van der Waals surface area contributed by atoms with Crippen LogP contribution in [0.4, 0.5) is 0 Å². The first-order valence-corrected chi connectivity index (χ1v) is 9.65. The Balaban J connectivity index is 1.60. The Morgan fingerprint density at radius 2 is 1.61 bits per heavy atom. The Hall–Kier alpha value is -3.20. The van der Waals surface area contributed by atoms with E-state index in [-0.39, 0.29) is 12.1 Å². The summed E-state index contributed by atoms with van der Waals surface area (Å²) in [5.74, 6) is 2.34. The minimum absolute atomic E-state index is 0.0327. The van der Waals surface area contributed by atoms with E-state index in [1.54, 1.807) is 4.90 Å². The number of hydrogen-bond acceptors (Lipinski definition) is 6. The standard InChI is InChI=1S/C22H20N4O2/c1-21-12-17(15-8-4-6-10-19(15)27-21)26-20(25(21)13-23)24-16-11-22(26,2)28-18-9-5-3-7-14(16)18/h3-10,16-17H,11-12H2,1-2H3/t16?,17-,21-,22-/m0/s1. The van der Waals surface area contributed by atoms with Gasteiger partial charge >= 0.3 is 0 Å². The van der Waals surface area contributed by atoms with E-state index in [9.17, 15) is 5.26 Å². The Bertz CT molecular complexity index is 1080. The molecule has 4 aliphatic heterocycles. The van der Waals surface area contributed by atoms with E-state index in [4.69, 9.17) is 14.5 Å². The van der Waals surface area contributed by atoms with Crippen molar-refractivity contribution in [3.63, 3.8) is 0 Å². The van der Waals surface area contributed by atoms with Crippen LogP contribution in [0.3, 0.4) is 0 Å². The lowest BCUT2D eigenvalue weighted by Crippen LogP contribution is -2.71. The molecule has 6 nitrogen and oxygen atoms in total. The summed E-state index contributed by atoms with van der Waals surface area (Å²) >= 11 is 0. The zero-order valence-corrected chi connectivity index (χ0v) is 15.8. The Morgan fingerprint density at radius 3 is 2.36 bits per heavy atom. The Morgan fingerprint density at radius 1 is 0.964 bits per heavy atom. The minimum atomic E-state index is -0.759. The normalized spacial score (nSPS) is 34.0. The maximum absolute atomic E-state index is 10.0. The average Bonchev–Trinajstić information content (AvgIpc) is 2.67. The van der Waals surface area contributed by atoms with E-state index in [1.165, 1.54) is 0 Å². The molecule has 4 atom stereocenters. The number of para-hydroxylation sites is 2. The number of ether oxygens (including phenoxy) is 2. The first-order valence-electron chi connectivity index (χ1n) is 9.65. The van der Waals surface area contributed by atoms with Gasteiger partial charge in [0, 0.05) is 24.0 Å². The minimum Gasteiger partial charge on any atom is -0.468 e. The lowest BCUT2D eigenvalue weighted by molar-refractivity contribution is -0.148. The SMILES string of the molecule is C[C@@]12C[C@@H](c3ccccc3O1)N1C(=NC3C[C@]1(C)Oc1ccccc13)N2C#N. The van der Waals surface area contributed by atoms with Crippen molar-refractivity contribution in [3.8, 4) is 17.7 Å². The first-order chi connectivity index (χ1) is 13.5. The highest BCUT2D eigenvalue weighted by Crippen LogP contribution is 2.55. The smallest absolute Gasteiger partial charge is 0.217 e. The molecule has 1 fully saturated rings. The largest absolute Gasteiger partial charge is 0.468 e. The van der Waals surface area contributed by atoms with Gasteiger partial charge in [0.25, 0.3) is 0 Å². The van der Waals surface area contributed by atoms with Crippen LogP contribution < -0.4 is 9.47 Å². The molecule has 0 aliphatic carbocycles. The van der Waals surface area contributed by atoms with Gasteiger partial charge in [0.15, 0.2) is 17.6 Å². The number of rotatable bonds is 0. The molecule has 0 radical (unpaired) electrons. The van der Waals surface area contributed by atoms with Gasteiger partial charge in [0.1, 0.15) is 11.5 Å². The summed E-state index contributed by atoms with van der Waals surface area (Å²) in [7, 11) is 0. The van der Waals surface area contributed by atoms with Crippen LogP contribution in [0.25, 0.3) is 0 Å². The predicted molar refractivity (Wildman–Crippen MR) is 102 cm³/mol. The maximum atomic E-state index is 10.0. The van der Waals surface area contributed by atoms with Crippen molar-refractivity contribution in [2.45, 2.75) is 50.2 Å². The molecule has 4 bridgehead atoms. The molecule has 0 saturated carbocycles. The Kier molecular flexibility index (Phi) is 2.82. The number of guanidine groups is 1. The van der Waals surface area contributed by atoms with Crippen molar-refractivity contribution in [3.05, 3.63) is 59.7 Å². The number of nitrogens with zero attached hydrogens (tertiary/aromatic N) is 4. The van der Waals surface area contributed by atoms with Crippen LogP contribution in [-0.2, 0) is 0 Å². The first kappa shape index (κ1) is 15.8. The summed E-state index contributed by atoms with van der Waals surface area (Å²) in [6.07, 6.45) is 3.76. The van der Waals surface area contributed by atoms with Crippen molar-refractivity contribution >= 4 is 5.96 Å². The fraction of sp³-hybridized carbons (Fsp3) is 0.364. The second-order valence-electron chi connectivity index (χ2n) is 8.30. The van der Waals surface area contributed by atoms with Gasteiger partial charge in [0.05, 0.1) is 12.1 Å². The van der Waals surface area contributed by atoms with E-state index >= 15 is 0 Å². The third kappa shape index (κ3) is 1.84. The maximum Gasteiger partial charge on any atom is 0.217 e. The molecule has 0 N–H and O–H groups in total. The number of fused-ring (bicyclic) bond motifs is 11. The number of hydrogen-bond donors (Lipinski definition) is 0. The van der Waals surface area contributed by atoms with Gasteiger partial charge in [0.2, 0.25) is 5.96 Å². The molecule has 2 aromatic carbocycles. The van der Waals surface area contributed by atoms with Crippen molar-refractivity contribution < 1.29 is 9.47 Å². The summed E-state index contributed by atoms with van der Waals surface area (Å²) in [4.78, 5) is 8.88. The molecule has 0 aromatic heterocycles. The number of aliphatic imine (C=N–C) groups is 1. The average molecular weight is 372 g/mol. The van der Waals surface area contributed by atoms with Gasteiger partial charge in [-0.3, -0.25) is 4.90 Å². The van der Waals surface area contributed by atoms with E-state index in [2.05, 4.69) is 30.1 Å². The fourth-order valence-electron chi connectivity index (χ4n) is 5.23. The molecule has 4 heterocycles. The predicted octanol–water partition coefficient (Wildman–Crippen LogP) is 3.93. The van der Waals surface area contributed by atoms with Crippen LogP contribution in [0.5, 0.6) is 11.5 Å². The molecule has 6 heteroatoms. The fourth-order valence-corrected chi connectivity index (χ4v) is 5.23. The van der Waals surface area contributed by atoms with Crippen LogP contribution in [-0.4, -0.2) is 27.2 Å². The van der Waals surface area contributed by atoms with E-state index < -0.39 is 11.4 Å². The van der Waals surface area contributed by atoms with Crippen LogP contribution >= 0.6 is 0 Å². The van der Waals surface area contributed by atoms with Crippen LogP contribution in [0.1, 0.15) is 49.9 Å². The lowest BCUT2D eigenvalue weighted by atomic mass is 9.83. The highest BCUT2D eigenvalue weighted by Gasteiger charge is 2.60. The summed E-state index contributed by atoms with van der Waals surface area (Å²) in [5.41, 5.74) is 0.853. The van der Waals surface area contributed by atoms with Crippen LogP contribution in [0.2, 0.25) is 0 Å². The monoisotopic (exact) mass is 372 g/mol. The van der Waals surface area contributed by atoms with Gasteiger partial charge in [-0.1, -0.05) is 36.4 Å². The molecule has 28 heavy (non-hydrogen) atoms. The molecule has 1 unspecified atom stereocenters. The molecule has 0 spiro atoms. The molecule has 2 aromatic rings. The zero-order chi connectivity index (χ0) is 19.1.